The standard InChI is InChI=1S/C13H17FN4O2.C2H6/c14-12-9(8-3-5-15-6-4-8)1-2-10(19)13(12)18-7-11(20)16-17-18;1-2/h1-2,8,15,17,19H,3-7H2,(H,16,20);1-2H3. The van der Waals surface area contributed by atoms with Gasteiger partial charge >= 0.3 is 0 Å². The van der Waals surface area contributed by atoms with Crippen molar-refractivity contribution in [2.45, 2.75) is 32.6 Å². The van der Waals surface area contributed by atoms with Crippen LogP contribution in [0.4, 0.5) is 10.1 Å². The van der Waals surface area contributed by atoms with E-state index in [0.717, 1.165) is 25.9 Å². The van der Waals surface area contributed by atoms with Gasteiger partial charge in [0.05, 0.1) is 0 Å². The third kappa shape index (κ3) is 3.31. The number of carbonyl (C=O) groups excluding carboxylic acids is 1. The molecule has 1 aromatic rings. The van der Waals surface area contributed by atoms with Crippen LogP contribution in [0.1, 0.15) is 38.2 Å². The molecule has 0 atom stereocenters. The van der Waals surface area contributed by atoms with E-state index < -0.39 is 5.82 Å². The Morgan fingerprint density at radius 3 is 2.55 bits per heavy atom. The van der Waals surface area contributed by atoms with Gasteiger partial charge in [0, 0.05) is 0 Å². The summed E-state index contributed by atoms with van der Waals surface area (Å²) in [6.07, 6.45) is 1.73. The number of phenols is 1. The molecule has 22 heavy (non-hydrogen) atoms. The second kappa shape index (κ2) is 7.42. The molecule has 0 aliphatic carbocycles. The van der Waals surface area contributed by atoms with Crippen molar-refractivity contribution in [3.63, 3.8) is 0 Å². The van der Waals surface area contributed by atoms with Crippen molar-refractivity contribution in [2.24, 2.45) is 0 Å². The van der Waals surface area contributed by atoms with Gasteiger partial charge < -0.3 is 10.4 Å². The quantitative estimate of drug-likeness (QED) is 0.664. The van der Waals surface area contributed by atoms with Crippen LogP contribution in [0.15, 0.2) is 12.1 Å². The van der Waals surface area contributed by atoms with Crippen LogP contribution in [0.5, 0.6) is 5.75 Å². The predicted octanol–water partition coefficient (Wildman–Crippen LogP) is 1.38. The predicted molar refractivity (Wildman–Crippen MR) is 82.9 cm³/mol. The van der Waals surface area contributed by atoms with Crippen LogP contribution in [0.2, 0.25) is 0 Å². The fraction of sp³-hybridized carbons (Fsp3) is 0.533. The molecule has 0 spiro atoms. The summed E-state index contributed by atoms with van der Waals surface area (Å²) in [6.45, 7) is 5.70. The van der Waals surface area contributed by atoms with Gasteiger partial charge in [-0.05, 0) is 43.5 Å². The summed E-state index contributed by atoms with van der Waals surface area (Å²) in [4.78, 5) is 11.2. The smallest absolute Gasteiger partial charge is 0.256 e. The van der Waals surface area contributed by atoms with E-state index in [2.05, 4.69) is 16.3 Å². The van der Waals surface area contributed by atoms with Crippen LogP contribution in [-0.4, -0.2) is 30.6 Å². The summed E-state index contributed by atoms with van der Waals surface area (Å²) >= 11 is 0. The number of hydrogen-bond donors (Lipinski definition) is 4. The van der Waals surface area contributed by atoms with E-state index in [4.69, 9.17) is 0 Å². The Balaban J connectivity index is 0.000000847. The first-order valence-corrected chi connectivity index (χ1v) is 7.71. The molecule has 1 amide bonds. The van der Waals surface area contributed by atoms with Crippen molar-refractivity contribution in [3.8, 4) is 5.75 Å². The van der Waals surface area contributed by atoms with Crippen LogP contribution >= 0.6 is 0 Å². The third-order valence-corrected chi connectivity index (χ3v) is 3.81. The van der Waals surface area contributed by atoms with Gasteiger partial charge in [-0.1, -0.05) is 19.9 Å². The van der Waals surface area contributed by atoms with Gasteiger partial charge in [0.2, 0.25) is 0 Å². The first-order chi connectivity index (χ1) is 10.7. The molecule has 0 bridgehead atoms. The normalized spacial score (nSPS) is 18.7. The monoisotopic (exact) mass is 310 g/mol. The number of anilines is 1. The summed E-state index contributed by atoms with van der Waals surface area (Å²) in [5.74, 6) is -0.761. The van der Waals surface area contributed by atoms with Crippen molar-refractivity contribution >= 4 is 11.6 Å². The molecule has 7 heteroatoms. The second-order valence-corrected chi connectivity index (χ2v) is 5.11. The minimum absolute atomic E-state index is 0.0272. The van der Waals surface area contributed by atoms with Crippen molar-refractivity contribution in [3.05, 3.63) is 23.5 Å². The van der Waals surface area contributed by atoms with Gasteiger partial charge in [-0.15, -0.1) is 5.53 Å². The molecule has 1 aromatic carbocycles. The van der Waals surface area contributed by atoms with Crippen LogP contribution in [0.25, 0.3) is 0 Å². The van der Waals surface area contributed by atoms with E-state index in [-0.39, 0.29) is 29.8 Å². The number of halogens is 1. The number of hydrazine groups is 2. The van der Waals surface area contributed by atoms with Gasteiger partial charge in [0.1, 0.15) is 18.0 Å². The Hall–Kier alpha value is -1.86. The maximum absolute atomic E-state index is 14.7. The average Bonchev–Trinajstić information content (AvgIpc) is 2.96. The molecule has 2 heterocycles. The lowest BCUT2D eigenvalue weighted by molar-refractivity contribution is -0.118. The number of piperidine rings is 1. The summed E-state index contributed by atoms with van der Waals surface area (Å²) in [6, 6.07) is 3.12. The number of hydrogen-bond acceptors (Lipinski definition) is 5. The van der Waals surface area contributed by atoms with Crippen molar-refractivity contribution in [2.75, 3.05) is 24.6 Å². The summed E-state index contributed by atoms with van der Waals surface area (Å²) in [5, 5.41) is 14.4. The maximum Gasteiger partial charge on any atom is 0.256 e. The summed E-state index contributed by atoms with van der Waals surface area (Å²) < 4.78 is 14.7. The van der Waals surface area contributed by atoms with Crippen LogP contribution in [0.3, 0.4) is 0 Å². The highest BCUT2D eigenvalue weighted by Gasteiger charge is 2.28. The molecule has 2 saturated heterocycles. The molecule has 6 nitrogen and oxygen atoms in total. The summed E-state index contributed by atoms with van der Waals surface area (Å²) in [5.41, 5.74) is 5.55. The van der Waals surface area contributed by atoms with E-state index in [1.165, 1.54) is 11.1 Å². The molecule has 0 radical (unpaired) electrons. The highest BCUT2D eigenvalue weighted by Crippen LogP contribution is 2.37. The summed E-state index contributed by atoms with van der Waals surface area (Å²) in [7, 11) is 0. The molecule has 122 valence electrons. The molecule has 2 aliphatic heterocycles. The lowest BCUT2D eigenvalue weighted by atomic mass is 9.89. The Labute approximate surface area is 129 Å². The number of aromatic hydroxyl groups is 1. The number of benzene rings is 1. The molecule has 2 fully saturated rings. The third-order valence-electron chi connectivity index (χ3n) is 3.81. The second-order valence-electron chi connectivity index (χ2n) is 5.11. The molecular formula is C15H23FN4O2. The highest BCUT2D eigenvalue weighted by atomic mass is 19.1. The zero-order valence-corrected chi connectivity index (χ0v) is 12.9. The fourth-order valence-corrected chi connectivity index (χ4v) is 2.76. The van der Waals surface area contributed by atoms with Crippen molar-refractivity contribution < 1.29 is 14.3 Å². The lowest BCUT2D eigenvalue weighted by Gasteiger charge is -2.26. The van der Waals surface area contributed by atoms with E-state index in [1.807, 2.05) is 13.8 Å². The van der Waals surface area contributed by atoms with Crippen molar-refractivity contribution in [1.29, 1.82) is 0 Å². The highest BCUT2D eigenvalue weighted by molar-refractivity contribution is 5.84. The number of nitrogens with zero attached hydrogens (tertiary/aromatic N) is 1. The minimum atomic E-state index is -0.457. The lowest BCUT2D eigenvalue weighted by Crippen LogP contribution is -2.37. The van der Waals surface area contributed by atoms with Gasteiger partial charge in [0.25, 0.3) is 5.91 Å². The van der Waals surface area contributed by atoms with E-state index in [0.29, 0.717) is 5.56 Å². The first-order valence-electron chi connectivity index (χ1n) is 7.71. The average molecular weight is 310 g/mol. The van der Waals surface area contributed by atoms with Crippen LogP contribution in [-0.2, 0) is 4.79 Å². The fourth-order valence-electron chi connectivity index (χ4n) is 2.76. The minimum Gasteiger partial charge on any atom is -0.506 e. The topological polar surface area (TPSA) is 76.6 Å². The number of nitrogens with one attached hydrogen (secondary N) is 3. The number of rotatable bonds is 2. The van der Waals surface area contributed by atoms with Crippen molar-refractivity contribution in [1.82, 2.24) is 16.3 Å². The van der Waals surface area contributed by atoms with Gasteiger partial charge in [0.15, 0.2) is 5.82 Å². The Morgan fingerprint density at radius 1 is 1.27 bits per heavy atom. The molecule has 3 rings (SSSR count). The molecule has 0 unspecified atom stereocenters. The molecular weight excluding hydrogens is 287 g/mol. The van der Waals surface area contributed by atoms with E-state index >= 15 is 0 Å². The maximum atomic E-state index is 14.7. The Morgan fingerprint density at radius 2 is 1.95 bits per heavy atom. The number of amides is 1. The number of carbonyl (C=O) groups is 1. The SMILES string of the molecule is CC.O=C1CN(c2c(O)ccc(C3CCNCC3)c2F)NN1. The van der Waals surface area contributed by atoms with Crippen LogP contribution in [0, 0.1) is 5.82 Å². The Bertz CT molecular complexity index is 533. The van der Waals surface area contributed by atoms with Gasteiger partial charge in [-0.2, -0.15) is 0 Å². The van der Waals surface area contributed by atoms with E-state index in [1.54, 1.807) is 6.07 Å². The van der Waals surface area contributed by atoms with Gasteiger partial charge in [-0.3, -0.25) is 15.2 Å². The number of phenolic OH excluding ortho intramolecular Hbond substituents is 1. The largest absolute Gasteiger partial charge is 0.506 e. The first kappa shape index (κ1) is 16.5. The zero-order chi connectivity index (χ0) is 16.1. The van der Waals surface area contributed by atoms with E-state index in [9.17, 15) is 14.3 Å². The molecule has 0 saturated carbocycles. The molecule has 4 N–H and O–H groups in total. The molecule has 2 aliphatic rings. The zero-order valence-electron chi connectivity index (χ0n) is 12.9. The Kier molecular flexibility index (Phi) is 5.57. The van der Waals surface area contributed by atoms with Crippen LogP contribution < -0.4 is 21.3 Å². The van der Waals surface area contributed by atoms with Gasteiger partial charge in [-0.25, -0.2) is 4.39 Å². The molecule has 0 aromatic heterocycles.